The maximum absolute atomic E-state index is 5.34. The number of ether oxygens (including phenoxy) is 4. The molecule has 4 heteroatoms. The zero-order valence-electron chi connectivity index (χ0n) is 10.3. The second-order valence-corrected chi connectivity index (χ2v) is 3.23. The lowest BCUT2D eigenvalue weighted by molar-refractivity contribution is 0.00623. The monoisotopic (exact) mass is 232 g/mol. The molecular weight excluding hydrogens is 208 g/mol. The molecule has 0 aromatic heterocycles. The van der Waals surface area contributed by atoms with Crippen LogP contribution in [0, 0.1) is 0 Å². The van der Waals surface area contributed by atoms with E-state index >= 15 is 0 Å². The van der Waals surface area contributed by atoms with Crippen LogP contribution in [0.5, 0.6) is 0 Å². The molecule has 0 fully saturated rings. The van der Waals surface area contributed by atoms with Crippen LogP contribution in [0.3, 0.4) is 0 Å². The average Bonchev–Trinajstić information content (AvgIpc) is 2.31. The quantitative estimate of drug-likeness (QED) is 0.359. The molecule has 16 heavy (non-hydrogen) atoms. The topological polar surface area (TPSA) is 36.9 Å². The van der Waals surface area contributed by atoms with Gasteiger partial charge >= 0.3 is 0 Å². The van der Waals surface area contributed by atoms with Crippen LogP contribution in [0.1, 0.15) is 19.8 Å². The van der Waals surface area contributed by atoms with Crippen molar-refractivity contribution in [1.82, 2.24) is 0 Å². The molecule has 0 aliphatic carbocycles. The fourth-order valence-electron chi connectivity index (χ4n) is 0.979. The molecular formula is C12H24O4. The normalized spacial score (nSPS) is 10.3. The van der Waals surface area contributed by atoms with Gasteiger partial charge in [0.15, 0.2) is 0 Å². The van der Waals surface area contributed by atoms with Crippen LogP contribution >= 0.6 is 0 Å². The second kappa shape index (κ2) is 14.4. The van der Waals surface area contributed by atoms with Crippen LogP contribution in [0.4, 0.5) is 0 Å². The third-order valence-corrected chi connectivity index (χ3v) is 1.85. The lowest BCUT2D eigenvalue weighted by Crippen LogP contribution is -2.11. The standard InChI is InChI=1S/C12H24O4/c1-3-5-6-14-9-10-16-12-11-15-8-7-13-4-2/h4H,2-3,5-12H2,1H3. The number of unbranched alkanes of at least 4 members (excludes halogenated alkanes) is 1. The summed E-state index contributed by atoms with van der Waals surface area (Å²) < 4.78 is 20.8. The molecule has 0 rings (SSSR count). The van der Waals surface area contributed by atoms with Gasteiger partial charge in [0.05, 0.1) is 39.3 Å². The maximum Gasteiger partial charge on any atom is 0.111 e. The Kier molecular flexibility index (Phi) is 13.9. The Morgan fingerprint density at radius 1 is 0.812 bits per heavy atom. The molecule has 0 saturated carbocycles. The Morgan fingerprint density at radius 2 is 1.31 bits per heavy atom. The summed E-state index contributed by atoms with van der Waals surface area (Å²) in [4.78, 5) is 0. The highest BCUT2D eigenvalue weighted by molar-refractivity contribution is 4.47. The van der Waals surface area contributed by atoms with Gasteiger partial charge in [-0.3, -0.25) is 0 Å². The van der Waals surface area contributed by atoms with Crippen molar-refractivity contribution < 1.29 is 18.9 Å². The second-order valence-electron chi connectivity index (χ2n) is 3.23. The van der Waals surface area contributed by atoms with Crippen molar-refractivity contribution in [2.45, 2.75) is 19.8 Å². The summed E-state index contributed by atoms with van der Waals surface area (Å²) >= 11 is 0. The molecule has 0 unspecified atom stereocenters. The van der Waals surface area contributed by atoms with E-state index in [1.54, 1.807) is 0 Å². The van der Waals surface area contributed by atoms with Gasteiger partial charge < -0.3 is 18.9 Å². The summed E-state index contributed by atoms with van der Waals surface area (Å²) in [6.07, 6.45) is 3.70. The minimum Gasteiger partial charge on any atom is -0.499 e. The van der Waals surface area contributed by atoms with E-state index in [-0.39, 0.29) is 0 Å². The van der Waals surface area contributed by atoms with Gasteiger partial charge in [-0.1, -0.05) is 19.9 Å². The van der Waals surface area contributed by atoms with Gasteiger partial charge in [-0.05, 0) is 6.42 Å². The molecule has 0 heterocycles. The van der Waals surface area contributed by atoms with Crippen LogP contribution in [-0.2, 0) is 18.9 Å². The molecule has 0 atom stereocenters. The molecule has 4 nitrogen and oxygen atoms in total. The maximum atomic E-state index is 5.34. The lowest BCUT2D eigenvalue weighted by atomic mass is 10.4. The summed E-state index contributed by atoms with van der Waals surface area (Å²) in [5.41, 5.74) is 0. The van der Waals surface area contributed by atoms with Crippen LogP contribution in [-0.4, -0.2) is 46.2 Å². The van der Waals surface area contributed by atoms with Gasteiger partial charge in [-0.15, -0.1) is 0 Å². The Labute approximate surface area is 98.5 Å². The van der Waals surface area contributed by atoms with Gasteiger partial charge in [0, 0.05) is 6.61 Å². The van der Waals surface area contributed by atoms with E-state index in [1.165, 1.54) is 12.7 Å². The number of rotatable bonds is 13. The van der Waals surface area contributed by atoms with Crippen molar-refractivity contribution in [2.24, 2.45) is 0 Å². The van der Waals surface area contributed by atoms with Crippen molar-refractivity contribution >= 4 is 0 Å². The van der Waals surface area contributed by atoms with Crippen molar-refractivity contribution in [3.8, 4) is 0 Å². The Morgan fingerprint density at radius 3 is 1.81 bits per heavy atom. The minimum absolute atomic E-state index is 0.545. The molecule has 0 aliphatic rings. The fourth-order valence-corrected chi connectivity index (χ4v) is 0.979. The molecule has 0 saturated heterocycles. The predicted molar refractivity (Wildman–Crippen MR) is 63.5 cm³/mol. The van der Waals surface area contributed by atoms with Gasteiger partial charge in [0.1, 0.15) is 6.61 Å². The first-order chi connectivity index (χ1) is 7.91. The molecule has 0 radical (unpaired) electrons. The van der Waals surface area contributed by atoms with E-state index in [2.05, 4.69) is 13.5 Å². The van der Waals surface area contributed by atoms with Crippen molar-refractivity contribution in [3.05, 3.63) is 12.8 Å². The first-order valence-electron chi connectivity index (χ1n) is 5.87. The van der Waals surface area contributed by atoms with Crippen LogP contribution in [0.25, 0.3) is 0 Å². The van der Waals surface area contributed by atoms with Gasteiger partial charge in [-0.25, -0.2) is 0 Å². The summed E-state index contributed by atoms with van der Waals surface area (Å²) in [7, 11) is 0. The highest BCUT2D eigenvalue weighted by atomic mass is 16.6. The molecule has 0 aliphatic heterocycles. The predicted octanol–water partition coefficient (Wildman–Crippen LogP) is 2.00. The van der Waals surface area contributed by atoms with E-state index in [0.717, 1.165) is 13.0 Å². The largest absolute Gasteiger partial charge is 0.499 e. The Bertz CT molecular complexity index is 139. The summed E-state index contributed by atoms with van der Waals surface area (Å²) in [5, 5.41) is 0. The van der Waals surface area contributed by atoms with E-state index in [9.17, 15) is 0 Å². The molecule has 0 N–H and O–H groups in total. The van der Waals surface area contributed by atoms with Crippen LogP contribution < -0.4 is 0 Å². The summed E-state index contributed by atoms with van der Waals surface area (Å²) in [6, 6.07) is 0. The molecule has 0 spiro atoms. The number of hydrogen-bond donors (Lipinski definition) is 0. The fraction of sp³-hybridized carbons (Fsp3) is 0.833. The minimum atomic E-state index is 0.545. The summed E-state index contributed by atoms with van der Waals surface area (Å²) in [5.74, 6) is 0. The SMILES string of the molecule is C=COCCOCCOCCOCCCC. The van der Waals surface area contributed by atoms with E-state index < -0.39 is 0 Å². The zero-order chi connectivity index (χ0) is 11.9. The summed E-state index contributed by atoms with van der Waals surface area (Å²) in [6.45, 7) is 10.0. The van der Waals surface area contributed by atoms with Gasteiger partial charge in [0.2, 0.25) is 0 Å². The van der Waals surface area contributed by atoms with Crippen molar-refractivity contribution in [1.29, 1.82) is 0 Å². The van der Waals surface area contributed by atoms with Gasteiger partial charge in [0.25, 0.3) is 0 Å². The Balaban J connectivity index is 2.85. The molecule has 0 aromatic carbocycles. The van der Waals surface area contributed by atoms with Crippen LogP contribution in [0.2, 0.25) is 0 Å². The highest BCUT2D eigenvalue weighted by Crippen LogP contribution is 1.88. The molecule has 96 valence electrons. The first-order valence-corrected chi connectivity index (χ1v) is 5.87. The smallest absolute Gasteiger partial charge is 0.111 e. The zero-order valence-corrected chi connectivity index (χ0v) is 10.3. The van der Waals surface area contributed by atoms with Crippen molar-refractivity contribution in [3.63, 3.8) is 0 Å². The third kappa shape index (κ3) is 13.4. The third-order valence-electron chi connectivity index (χ3n) is 1.85. The number of hydrogen-bond acceptors (Lipinski definition) is 4. The average molecular weight is 232 g/mol. The van der Waals surface area contributed by atoms with E-state index in [4.69, 9.17) is 18.9 Å². The van der Waals surface area contributed by atoms with Crippen molar-refractivity contribution in [2.75, 3.05) is 46.2 Å². The first kappa shape index (κ1) is 15.4. The Hall–Kier alpha value is -0.580. The van der Waals surface area contributed by atoms with Gasteiger partial charge in [-0.2, -0.15) is 0 Å². The molecule has 0 aromatic rings. The van der Waals surface area contributed by atoms with Crippen LogP contribution in [0.15, 0.2) is 12.8 Å². The van der Waals surface area contributed by atoms with E-state index in [1.807, 2.05) is 0 Å². The highest BCUT2D eigenvalue weighted by Gasteiger charge is 1.91. The molecule has 0 bridgehead atoms. The van der Waals surface area contributed by atoms with E-state index in [0.29, 0.717) is 39.6 Å². The molecule has 0 amide bonds. The lowest BCUT2D eigenvalue weighted by Gasteiger charge is -2.06.